The number of carbonyl (C=O) groups excluding carboxylic acids is 1. The highest BCUT2D eigenvalue weighted by Crippen LogP contribution is 1.74. The number of hydrogen-bond acceptors (Lipinski definition) is 3. The lowest BCUT2D eigenvalue weighted by atomic mass is 10.4. The molecule has 5 nitrogen and oxygen atoms in total. The molecule has 0 saturated heterocycles. The van der Waals surface area contributed by atoms with Gasteiger partial charge in [0.15, 0.2) is 0 Å². The van der Waals surface area contributed by atoms with Crippen LogP contribution in [0.4, 0.5) is 0 Å². The lowest BCUT2D eigenvalue weighted by molar-refractivity contribution is -0.114. The van der Waals surface area contributed by atoms with Crippen LogP contribution < -0.4 is 16.2 Å². The first-order chi connectivity index (χ1) is 5.61. The van der Waals surface area contributed by atoms with E-state index in [-0.39, 0.29) is 17.8 Å². The molecular weight excluding hydrogens is 156 g/mol. The summed E-state index contributed by atoms with van der Waals surface area (Å²) in [6.07, 6.45) is 0. The number of likely N-dealkylation sites (N-methyl/N-ethyl adjacent to an activating group) is 1. The minimum Gasteiger partial charge on any atom is -0.352 e. The number of nitrogens with zero attached hydrogens (tertiary/aromatic N) is 1. The molecule has 1 amide bonds. The van der Waals surface area contributed by atoms with E-state index in [1.807, 2.05) is 13.8 Å². The molecule has 0 bridgehead atoms. The standard InChI is InChI=1S/C7H16N4O/c1-5(2)10-11-6(8-3)7(12)9-4/h5,10H,1-4H3,(H,8,11)(H,9,12). The summed E-state index contributed by atoms with van der Waals surface area (Å²) >= 11 is 0. The quantitative estimate of drug-likeness (QED) is 0.292. The van der Waals surface area contributed by atoms with Crippen molar-refractivity contribution in [3.05, 3.63) is 0 Å². The average molecular weight is 172 g/mol. The van der Waals surface area contributed by atoms with Crippen molar-refractivity contribution < 1.29 is 4.79 Å². The normalized spacial score (nSPS) is 11.6. The Hall–Kier alpha value is -1.10. The van der Waals surface area contributed by atoms with Crippen LogP contribution in [0.3, 0.4) is 0 Å². The van der Waals surface area contributed by atoms with Crippen LogP contribution in [0, 0.1) is 0 Å². The summed E-state index contributed by atoms with van der Waals surface area (Å²) in [6.45, 7) is 3.92. The highest BCUT2D eigenvalue weighted by atomic mass is 16.2. The largest absolute Gasteiger partial charge is 0.352 e. The lowest BCUT2D eigenvalue weighted by Crippen LogP contribution is -2.48. The Balaban J connectivity index is 3.94. The minimum absolute atomic E-state index is 0.231. The zero-order valence-corrected chi connectivity index (χ0v) is 7.93. The molecule has 0 radical (unpaired) electrons. The van der Waals surface area contributed by atoms with Crippen molar-refractivity contribution >= 4 is 11.7 Å². The molecule has 5 heteroatoms. The summed E-state index contributed by atoms with van der Waals surface area (Å²) in [5, 5.41) is 2.47. The van der Waals surface area contributed by atoms with Gasteiger partial charge in [0.1, 0.15) is 0 Å². The summed E-state index contributed by atoms with van der Waals surface area (Å²) < 4.78 is 0. The Labute approximate surface area is 72.6 Å². The molecular formula is C7H16N4O. The first-order valence-electron chi connectivity index (χ1n) is 3.82. The van der Waals surface area contributed by atoms with Gasteiger partial charge >= 0.3 is 0 Å². The highest BCUT2D eigenvalue weighted by molar-refractivity contribution is 6.37. The zero-order valence-electron chi connectivity index (χ0n) is 7.93. The van der Waals surface area contributed by atoms with Crippen molar-refractivity contribution in [2.45, 2.75) is 19.9 Å². The van der Waals surface area contributed by atoms with Gasteiger partial charge in [-0.3, -0.25) is 9.79 Å². The van der Waals surface area contributed by atoms with E-state index in [0.717, 1.165) is 0 Å². The molecule has 0 saturated carbocycles. The molecule has 0 fully saturated rings. The number of hydrogen-bond donors (Lipinski definition) is 3. The van der Waals surface area contributed by atoms with Crippen LogP contribution in [-0.2, 0) is 4.79 Å². The van der Waals surface area contributed by atoms with Crippen molar-refractivity contribution in [1.82, 2.24) is 16.2 Å². The SMILES string of the molecule is CN=C(NNC(C)C)C(=O)NC. The van der Waals surface area contributed by atoms with Crippen molar-refractivity contribution in [3.8, 4) is 0 Å². The molecule has 0 atom stereocenters. The van der Waals surface area contributed by atoms with E-state index in [1.165, 1.54) is 0 Å². The van der Waals surface area contributed by atoms with Crippen molar-refractivity contribution in [2.24, 2.45) is 4.99 Å². The number of amides is 1. The van der Waals surface area contributed by atoms with Crippen LogP contribution in [0.2, 0.25) is 0 Å². The molecule has 0 spiro atoms. The Kier molecular flexibility index (Phi) is 5.03. The number of aliphatic imine (C=N–C) groups is 1. The summed E-state index contributed by atoms with van der Waals surface area (Å²) in [7, 11) is 3.12. The second kappa shape index (κ2) is 5.54. The maximum atomic E-state index is 11.0. The van der Waals surface area contributed by atoms with E-state index in [4.69, 9.17) is 0 Å². The van der Waals surface area contributed by atoms with Gasteiger partial charge in [-0.15, -0.1) is 0 Å². The smallest absolute Gasteiger partial charge is 0.287 e. The molecule has 0 heterocycles. The number of nitrogens with one attached hydrogen (secondary N) is 3. The van der Waals surface area contributed by atoms with Gasteiger partial charge in [0, 0.05) is 20.1 Å². The summed E-state index contributed by atoms with van der Waals surface area (Å²) in [4.78, 5) is 14.8. The fraction of sp³-hybridized carbons (Fsp3) is 0.714. The van der Waals surface area contributed by atoms with E-state index in [0.29, 0.717) is 0 Å². The summed E-state index contributed by atoms with van der Waals surface area (Å²) in [5.41, 5.74) is 5.58. The molecule has 3 N–H and O–H groups in total. The summed E-state index contributed by atoms with van der Waals surface area (Å²) in [6, 6.07) is 0.256. The summed E-state index contributed by atoms with van der Waals surface area (Å²) in [5.74, 6) is 0.0526. The average Bonchev–Trinajstić information content (AvgIpc) is 2.04. The molecule has 70 valence electrons. The third-order valence-electron chi connectivity index (χ3n) is 1.14. The predicted octanol–water partition coefficient (Wildman–Crippen LogP) is -0.737. The molecule has 0 aromatic carbocycles. The minimum atomic E-state index is -0.231. The Bertz CT molecular complexity index is 176. The zero-order chi connectivity index (χ0) is 9.56. The topological polar surface area (TPSA) is 65.5 Å². The maximum Gasteiger partial charge on any atom is 0.287 e. The van der Waals surface area contributed by atoms with E-state index in [2.05, 4.69) is 21.2 Å². The third kappa shape index (κ3) is 3.92. The molecule has 0 aliphatic rings. The Morgan fingerprint density at radius 1 is 1.42 bits per heavy atom. The van der Waals surface area contributed by atoms with Gasteiger partial charge in [0.05, 0.1) is 0 Å². The van der Waals surface area contributed by atoms with Crippen LogP contribution in [0.25, 0.3) is 0 Å². The number of amidine groups is 1. The van der Waals surface area contributed by atoms with Gasteiger partial charge in [0.2, 0.25) is 5.84 Å². The van der Waals surface area contributed by atoms with Crippen LogP contribution in [-0.4, -0.2) is 31.9 Å². The van der Waals surface area contributed by atoms with Crippen molar-refractivity contribution in [1.29, 1.82) is 0 Å². The Morgan fingerprint density at radius 3 is 2.33 bits per heavy atom. The first kappa shape index (κ1) is 10.9. The van der Waals surface area contributed by atoms with E-state index < -0.39 is 0 Å². The highest BCUT2D eigenvalue weighted by Gasteiger charge is 2.06. The maximum absolute atomic E-state index is 11.0. The molecule has 0 aromatic rings. The molecule has 0 aromatic heterocycles. The van der Waals surface area contributed by atoms with Crippen LogP contribution >= 0.6 is 0 Å². The molecule has 0 rings (SSSR count). The van der Waals surface area contributed by atoms with E-state index in [9.17, 15) is 4.79 Å². The first-order valence-corrected chi connectivity index (χ1v) is 3.82. The van der Waals surface area contributed by atoms with Crippen molar-refractivity contribution in [3.63, 3.8) is 0 Å². The van der Waals surface area contributed by atoms with Gasteiger partial charge in [-0.2, -0.15) is 0 Å². The van der Waals surface area contributed by atoms with Gasteiger partial charge < -0.3 is 10.7 Å². The lowest BCUT2D eigenvalue weighted by Gasteiger charge is -2.11. The Morgan fingerprint density at radius 2 is 2.00 bits per heavy atom. The van der Waals surface area contributed by atoms with E-state index in [1.54, 1.807) is 14.1 Å². The van der Waals surface area contributed by atoms with Gasteiger partial charge in [-0.05, 0) is 13.8 Å². The number of rotatable bonds is 2. The second-order valence-electron chi connectivity index (χ2n) is 2.58. The molecule has 0 aliphatic carbocycles. The predicted molar refractivity (Wildman–Crippen MR) is 48.8 cm³/mol. The monoisotopic (exact) mass is 172 g/mol. The van der Waals surface area contributed by atoms with Gasteiger partial charge in [0.25, 0.3) is 5.91 Å². The van der Waals surface area contributed by atoms with Crippen molar-refractivity contribution in [2.75, 3.05) is 14.1 Å². The fourth-order valence-corrected chi connectivity index (χ4v) is 0.545. The van der Waals surface area contributed by atoms with Crippen LogP contribution in [0.15, 0.2) is 4.99 Å². The van der Waals surface area contributed by atoms with Crippen LogP contribution in [0.5, 0.6) is 0 Å². The van der Waals surface area contributed by atoms with E-state index >= 15 is 0 Å². The molecule has 0 aliphatic heterocycles. The fourth-order valence-electron chi connectivity index (χ4n) is 0.545. The van der Waals surface area contributed by atoms with Gasteiger partial charge in [-0.25, -0.2) is 5.43 Å². The number of hydrazine groups is 1. The van der Waals surface area contributed by atoms with Gasteiger partial charge in [-0.1, -0.05) is 0 Å². The molecule has 12 heavy (non-hydrogen) atoms. The van der Waals surface area contributed by atoms with Crippen LogP contribution in [0.1, 0.15) is 13.8 Å². The third-order valence-corrected chi connectivity index (χ3v) is 1.14. The second-order valence-corrected chi connectivity index (χ2v) is 2.58. The molecule has 0 unspecified atom stereocenters. The number of carbonyl (C=O) groups is 1.